The molecule has 0 saturated carbocycles. The van der Waals surface area contributed by atoms with Crippen molar-refractivity contribution in [2.75, 3.05) is 12.4 Å². The van der Waals surface area contributed by atoms with Crippen molar-refractivity contribution in [3.8, 4) is 16.9 Å². The Labute approximate surface area is 198 Å². The zero-order chi connectivity index (χ0) is 24.4. The van der Waals surface area contributed by atoms with Gasteiger partial charge in [-0.3, -0.25) is 4.68 Å². The summed E-state index contributed by atoms with van der Waals surface area (Å²) in [7, 11) is 3.40. The number of aromatic nitrogens is 6. The van der Waals surface area contributed by atoms with E-state index in [-0.39, 0.29) is 5.82 Å². The number of benzene rings is 2. The van der Waals surface area contributed by atoms with Crippen LogP contribution in [0.2, 0.25) is 0 Å². The highest BCUT2D eigenvalue weighted by atomic mass is 19.1. The van der Waals surface area contributed by atoms with Gasteiger partial charge in [-0.15, -0.1) is 0 Å². The molecule has 35 heavy (non-hydrogen) atoms. The van der Waals surface area contributed by atoms with Crippen molar-refractivity contribution in [1.29, 1.82) is 0 Å². The average Bonchev–Trinajstić information content (AvgIpc) is 3.45. The van der Waals surface area contributed by atoms with E-state index in [9.17, 15) is 4.39 Å². The van der Waals surface area contributed by atoms with Crippen molar-refractivity contribution in [2.45, 2.75) is 20.8 Å². The molecule has 4 aromatic heterocycles. The molecular weight excluding hydrogens is 449 g/mol. The first-order valence-corrected chi connectivity index (χ1v) is 11.0. The van der Waals surface area contributed by atoms with E-state index in [1.54, 1.807) is 24.9 Å². The second-order valence-corrected chi connectivity index (χ2v) is 8.50. The van der Waals surface area contributed by atoms with Crippen LogP contribution in [0.25, 0.3) is 44.0 Å². The van der Waals surface area contributed by atoms with Gasteiger partial charge < -0.3 is 19.6 Å². The van der Waals surface area contributed by atoms with E-state index in [1.165, 1.54) is 6.07 Å². The highest BCUT2D eigenvalue weighted by Gasteiger charge is 2.22. The van der Waals surface area contributed by atoms with Gasteiger partial charge in [0.2, 0.25) is 0 Å². The number of nitrogens with one attached hydrogen (secondary N) is 2. The van der Waals surface area contributed by atoms with Gasteiger partial charge in [0.15, 0.2) is 5.82 Å². The van der Waals surface area contributed by atoms with Crippen LogP contribution in [0, 0.1) is 26.6 Å². The lowest BCUT2D eigenvalue weighted by atomic mass is 10.0. The molecule has 6 rings (SSSR count). The van der Waals surface area contributed by atoms with E-state index in [0.717, 1.165) is 33.1 Å². The number of halogens is 1. The topological polar surface area (TPSA) is 107 Å². The molecule has 10 heteroatoms. The number of nitrogens with zero attached hydrogens (tertiary/aromatic N) is 5. The molecule has 9 nitrogen and oxygen atoms in total. The van der Waals surface area contributed by atoms with Crippen molar-refractivity contribution < 1.29 is 13.7 Å². The third-order valence-corrected chi connectivity index (χ3v) is 6.25. The zero-order valence-corrected chi connectivity index (χ0v) is 19.8. The number of aryl methyl sites for hydroxylation is 4. The van der Waals surface area contributed by atoms with Crippen molar-refractivity contribution in [2.24, 2.45) is 7.05 Å². The highest BCUT2D eigenvalue weighted by molar-refractivity contribution is 6.13. The Morgan fingerprint density at radius 3 is 2.66 bits per heavy atom. The van der Waals surface area contributed by atoms with E-state index >= 15 is 0 Å². The Balaban J connectivity index is 1.60. The fraction of sp³-hybridized carbons (Fsp3) is 0.200. The molecule has 6 aromatic rings. The summed E-state index contributed by atoms with van der Waals surface area (Å²) in [5.74, 6) is 2.48. The number of H-pyrrole nitrogens is 1. The van der Waals surface area contributed by atoms with Gasteiger partial charge >= 0.3 is 0 Å². The lowest BCUT2D eigenvalue weighted by molar-refractivity contribution is 0.393. The van der Waals surface area contributed by atoms with Gasteiger partial charge in [-0.2, -0.15) is 5.10 Å². The number of fused-ring (bicyclic) bond motifs is 4. The zero-order valence-electron chi connectivity index (χ0n) is 19.8. The third-order valence-electron chi connectivity index (χ3n) is 6.25. The Bertz CT molecular complexity index is 1760. The fourth-order valence-corrected chi connectivity index (χ4v) is 4.73. The molecule has 0 bridgehead atoms. The molecule has 0 radical (unpaired) electrons. The monoisotopic (exact) mass is 471 g/mol. The van der Waals surface area contributed by atoms with Crippen LogP contribution >= 0.6 is 0 Å². The van der Waals surface area contributed by atoms with Gasteiger partial charge in [0.1, 0.15) is 34.6 Å². The first-order valence-electron chi connectivity index (χ1n) is 11.0. The van der Waals surface area contributed by atoms with Gasteiger partial charge in [0.05, 0.1) is 34.7 Å². The van der Waals surface area contributed by atoms with Gasteiger partial charge in [-0.1, -0.05) is 11.2 Å². The van der Waals surface area contributed by atoms with Crippen LogP contribution < -0.4 is 10.1 Å². The van der Waals surface area contributed by atoms with Gasteiger partial charge in [-0.25, -0.2) is 14.4 Å². The number of ether oxygens (including phenoxy) is 1. The molecule has 0 aliphatic rings. The maximum absolute atomic E-state index is 14.7. The molecule has 0 atom stereocenters. The Hall–Kier alpha value is -4.47. The van der Waals surface area contributed by atoms with E-state index < -0.39 is 0 Å². The number of rotatable bonds is 4. The van der Waals surface area contributed by atoms with E-state index in [2.05, 4.69) is 30.5 Å². The maximum atomic E-state index is 14.7. The normalized spacial score (nSPS) is 11.7. The van der Waals surface area contributed by atoms with Crippen molar-refractivity contribution in [3.05, 3.63) is 53.4 Å². The van der Waals surface area contributed by atoms with Crippen molar-refractivity contribution in [1.82, 2.24) is 29.9 Å². The van der Waals surface area contributed by atoms with Crippen LogP contribution in [-0.2, 0) is 7.05 Å². The molecule has 0 amide bonds. The Morgan fingerprint density at radius 2 is 1.91 bits per heavy atom. The maximum Gasteiger partial charge on any atom is 0.164 e. The lowest BCUT2D eigenvalue weighted by Gasteiger charge is -2.10. The number of aromatic amines is 1. The smallest absolute Gasteiger partial charge is 0.164 e. The molecule has 0 spiro atoms. The molecular formula is C25H22FN7O2. The predicted molar refractivity (Wildman–Crippen MR) is 132 cm³/mol. The molecule has 0 aliphatic heterocycles. The van der Waals surface area contributed by atoms with Gasteiger partial charge in [0.25, 0.3) is 0 Å². The number of anilines is 2. The molecule has 0 saturated heterocycles. The number of methoxy groups -OCH3 is 1. The Morgan fingerprint density at radius 1 is 1.09 bits per heavy atom. The van der Waals surface area contributed by atoms with Crippen LogP contribution in [0.4, 0.5) is 16.0 Å². The molecule has 2 aromatic carbocycles. The van der Waals surface area contributed by atoms with E-state index in [4.69, 9.17) is 9.26 Å². The van der Waals surface area contributed by atoms with E-state index in [1.807, 2.05) is 39.0 Å². The van der Waals surface area contributed by atoms with Crippen molar-refractivity contribution in [3.63, 3.8) is 0 Å². The lowest BCUT2D eigenvalue weighted by Crippen LogP contribution is -2.00. The molecule has 0 unspecified atom stereocenters. The first-order chi connectivity index (χ1) is 16.9. The summed E-state index contributed by atoms with van der Waals surface area (Å²) in [6, 6.07) is 8.85. The summed E-state index contributed by atoms with van der Waals surface area (Å²) < 4.78 is 27.5. The van der Waals surface area contributed by atoms with Crippen LogP contribution in [0.3, 0.4) is 0 Å². The second-order valence-electron chi connectivity index (χ2n) is 8.50. The summed E-state index contributed by atoms with van der Waals surface area (Å²) in [5, 5.41) is 13.9. The van der Waals surface area contributed by atoms with Gasteiger partial charge in [0, 0.05) is 23.5 Å². The third kappa shape index (κ3) is 3.13. The molecule has 0 fully saturated rings. The standard InChI is InChI=1S/C25H22FN7O2/c1-11-20(12(2)35-32-11)15-9-17-14(10-19(15)34-5)21-23(29-17)27-13(3)28-24(21)30-25-22-16(26)7-6-8-18(22)33(4)31-25/h6-10H,1-5H3,(H2,27,28,29,30,31). The van der Waals surface area contributed by atoms with Crippen LogP contribution in [-0.4, -0.2) is 37.0 Å². The highest BCUT2D eigenvalue weighted by Crippen LogP contribution is 2.41. The fourth-order valence-electron chi connectivity index (χ4n) is 4.73. The van der Waals surface area contributed by atoms with Crippen LogP contribution in [0.15, 0.2) is 34.9 Å². The molecule has 4 heterocycles. The summed E-state index contributed by atoms with van der Waals surface area (Å²) in [4.78, 5) is 12.6. The summed E-state index contributed by atoms with van der Waals surface area (Å²) in [5.41, 5.74) is 4.69. The molecule has 0 aliphatic carbocycles. The summed E-state index contributed by atoms with van der Waals surface area (Å²) in [6.45, 7) is 5.58. The minimum Gasteiger partial charge on any atom is -0.496 e. The SMILES string of the molecule is COc1cc2c(cc1-c1c(C)noc1C)[nH]c1nc(C)nc(Nc3nn(C)c4cccc(F)c34)c12. The second kappa shape index (κ2) is 7.52. The summed E-state index contributed by atoms with van der Waals surface area (Å²) in [6.07, 6.45) is 0. The molecule has 176 valence electrons. The number of hydrogen-bond acceptors (Lipinski definition) is 7. The largest absolute Gasteiger partial charge is 0.496 e. The van der Waals surface area contributed by atoms with Crippen LogP contribution in [0.1, 0.15) is 17.3 Å². The predicted octanol–water partition coefficient (Wildman–Crippen LogP) is 5.47. The number of hydrogen-bond donors (Lipinski definition) is 2. The van der Waals surface area contributed by atoms with E-state index in [0.29, 0.717) is 45.5 Å². The molecule has 2 N–H and O–H groups in total. The van der Waals surface area contributed by atoms with Gasteiger partial charge in [-0.05, 0) is 45.0 Å². The summed E-state index contributed by atoms with van der Waals surface area (Å²) >= 11 is 0. The minimum absolute atomic E-state index is 0.357. The quantitative estimate of drug-likeness (QED) is 0.351. The average molecular weight is 471 g/mol. The Kier molecular flexibility index (Phi) is 4.53. The minimum atomic E-state index is -0.357. The van der Waals surface area contributed by atoms with Crippen LogP contribution in [0.5, 0.6) is 5.75 Å². The first kappa shape index (κ1) is 21.1. The van der Waals surface area contributed by atoms with Crippen molar-refractivity contribution >= 4 is 44.5 Å².